The van der Waals surface area contributed by atoms with Crippen LogP contribution >= 0.6 is 11.8 Å². The van der Waals surface area contributed by atoms with Crippen LogP contribution in [0.25, 0.3) is 0 Å². The lowest BCUT2D eigenvalue weighted by Gasteiger charge is -2.06. The molecule has 1 aromatic carbocycles. The smallest absolute Gasteiger partial charge is 0.237 e. The minimum atomic E-state index is -0.0953. The molecule has 0 fully saturated rings. The third-order valence-corrected chi connectivity index (χ3v) is 3.75. The summed E-state index contributed by atoms with van der Waals surface area (Å²) >= 11 is 1.52. The van der Waals surface area contributed by atoms with Crippen molar-refractivity contribution in [3.05, 3.63) is 41.1 Å². The van der Waals surface area contributed by atoms with E-state index in [1.807, 2.05) is 20.8 Å². The quantitative estimate of drug-likeness (QED) is 0.870. The van der Waals surface area contributed by atoms with Crippen molar-refractivity contribution in [3.63, 3.8) is 0 Å². The Labute approximate surface area is 116 Å². The molecule has 0 aliphatic carbocycles. The summed E-state index contributed by atoms with van der Waals surface area (Å²) in [5, 5.41) is 6.40. The van der Waals surface area contributed by atoms with Crippen LogP contribution in [0.3, 0.4) is 0 Å². The highest BCUT2D eigenvalue weighted by Gasteiger charge is 2.08. The summed E-state index contributed by atoms with van der Waals surface area (Å²) in [4.78, 5) is 12.9. The van der Waals surface area contributed by atoms with Gasteiger partial charge in [-0.25, -0.2) is 0 Å². The Bertz CT molecular complexity index is 593. The fourth-order valence-electron chi connectivity index (χ4n) is 1.60. The van der Waals surface area contributed by atoms with E-state index in [1.165, 1.54) is 22.9 Å². The molecule has 0 atom stereocenters. The Morgan fingerprint density at radius 3 is 2.79 bits per heavy atom. The van der Waals surface area contributed by atoms with E-state index in [0.717, 1.165) is 10.6 Å². The standard InChI is InChI=1S/C14H16N2O2S/c1-9-4-5-10(2)12(6-9)19-8-13(17)15-14-7-11(3)16-18-14/h4-7H,8H2,1-3H3,(H,15,17). The Morgan fingerprint density at radius 2 is 2.11 bits per heavy atom. The van der Waals surface area contributed by atoms with Gasteiger partial charge in [0.2, 0.25) is 11.8 Å². The highest BCUT2D eigenvalue weighted by molar-refractivity contribution is 8.00. The summed E-state index contributed by atoms with van der Waals surface area (Å²) in [7, 11) is 0. The van der Waals surface area contributed by atoms with Crippen molar-refractivity contribution in [1.82, 2.24) is 5.16 Å². The first kappa shape index (κ1) is 13.7. The van der Waals surface area contributed by atoms with Crippen molar-refractivity contribution >= 4 is 23.6 Å². The minimum Gasteiger partial charge on any atom is -0.338 e. The largest absolute Gasteiger partial charge is 0.338 e. The maximum atomic E-state index is 11.8. The highest BCUT2D eigenvalue weighted by atomic mass is 32.2. The number of amides is 1. The molecule has 0 unspecified atom stereocenters. The molecule has 0 spiro atoms. The van der Waals surface area contributed by atoms with Crippen LogP contribution in [0.1, 0.15) is 16.8 Å². The predicted molar refractivity (Wildman–Crippen MR) is 76.5 cm³/mol. The van der Waals surface area contributed by atoms with E-state index in [0.29, 0.717) is 11.6 Å². The van der Waals surface area contributed by atoms with Crippen LogP contribution in [0.4, 0.5) is 5.88 Å². The van der Waals surface area contributed by atoms with E-state index in [2.05, 4.69) is 28.7 Å². The first-order chi connectivity index (χ1) is 9.04. The molecule has 0 radical (unpaired) electrons. The number of carbonyl (C=O) groups is 1. The molecule has 0 saturated carbocycles. The number of aromatic nitrogens is 1. The Hall–Kier alpha value is -1.75. The van der Waals surface area contributed by atoms with Crippen molar-refractivity contribution in [2.45, 2.75) is 25.7 Å². The molecule has 1 heterocycles. The number of hydrogen-bond acceptors (Lipinski definition) is 4. The summed E-state index contributed by atoms with van der Waals surface area (Å²) in [5.74, 6) is 0.649. The van der Waals surface area contributed by atoms with Crippen LogP contribution in [-0.2, 0) is 4.79 Å². The number of anilines is 1. The number of nitrogens with one attached hydrogen (secondary N) is 1. The number of thioether (sulfide) groups is 1. The van der Waals surface area contributed by atoms with E-state index in [1.54, 1.807) is 6.07 Å². The van der Waals surface area contributed by atoms with Gasteiger partial charge in [-0.2, -0.15) is 0 Å². The molecule has 4 nitrogen and oxygen atoms in total. The van der Waals surface area contributed by atoms with Crippen LogP contribution < -0.4 is 5.32 Å². The Morgan fingerprint density at radius 1 is 1.32 bits per heavy atom. The maximum Gasteiger partial charge on any atom is 0.237 e. The van der Waals surface area contributed by atoms with Crippen molar-refractivity contribution in [1.29, 1.82) is 0 Å². The number of benzene rings is 1. The number of hydrogen-bond donors (Lipinski definition) is 1. The molecule has 19 heavy (non-hydrogen) atoms. The summed E-state index contributed by atoms with van der Waals surface area (Å²) in [6.07, 6.45) is 0. The third-order valence-electron chi connectivity index (χ3n) is 2.59. The number of carbonyl (C=O) groups excluding carboxylic acids is 1. The van der Waals surface area contributed by atoms with Crippen LogP contribution in [-0.4, -0.2) is 16.8 Å². The van der Waals surface area contributed by atoms with Gasteiger partial charge in [0.15, 0.2) is 0 Å². The Kier molecular flexibility index (Phi) is 4.27. The summed E-state index contributed by atoms with van der Waals surface area (Å²) < 4.78 is 4.94. The van der Waals surface area contributed by atoms with Crippen LogP contribution in [0.5, 0.6) is 0 Å². The summed E-state index contributed by atoms with van der Waals surface area (Å²) in [5.41, 5.74) is 3.12. The van der Waals surface area contributed by atoms with E-state index in [9.17, 15) is 4.79 Å². The molecular weight excluding hydrogens is 260 g/mol. The van der Waals surface area contributed by atoms with Crippen molar-refractivity contribution < 1.29 is 9.32 Å². The lowest BCUT2D eigenvalue weighted by atomic mass is 10.2. The van der Waals surface area contributed by atoms with Crippen molar-refractivity contribution in [3.8, 4) is 0 Å². The minimum absolute atomic E-state index is 0.0953. The second kappa shape index (κ2) is 5.93. The van der Waals surface area contributed by atoms with Crippen molar-refractivity contribution in [2.24, 2.45) is 0 Å². The lowest BCUT2D eigenvalue weighted by Crippen LogP contribution is -2.13. The van der Waals surface area contributed by atoms with Gasteiger partial charge in [0.1, 0.15) is 0 Å². The molecule has 2 aromatic rings. The fraction of sp³-hybridized carbons (Fsp3) is 0.286. The monoisotopic (exact) mass is 276 g/mol. The number of nitrogens with zero attached hydrogens (tertiary/aromatic N) is 1. The van der Waals surface area contributed by atoms with Gasteiger partial charge < -0.3 is 4.52 Å². The molecule has 0 aliphatic heterocycles. The van der Waals surface area contributed by atoms with E-state index >= 15 is 0 Å². The predicted octanol–water partition coefficient (Wildman–Crippen LogP) is 3.33. The van der Waals surface area contributed by atoms with Gasteiger partial charge in [-0.15, -0.1) is 11.8 Å². The lowest BCUT2D eigenvalue weighted by molar-refractivity contribution is -0.113. The first-order valence-electron chi connectivity index (χ1n) is 5.98. The van der Waals surface area contributed by atoms with Crippen molar-refractivity contribution in [2.75, 3.05) is 11.1 Å². The van der Waals surface area contributed by atoms with Crippen LogP contribution in [0, 0.1) is 20.8 Å². The molecule has 5 heteroatoms. The van der Waals surface area contributed by atoms with E-state index < -0.39 is 0 Å². The van der Waals surface area contributed by atoms with Gasteiger partial charge in [0, 0.05) is 11.0 Å². The second-order valence-electron chi connectivity index (χ2n) is 4.44. The maximum absolute atomic E-state index is 11.8. The van der Waals surface area contributed by atoms with Gasteiger partial charge in [0.25, 0.3) is 0 Å². The zero-order valence-electron chi connectivity index (χ0n) is 11.2. The topological polar surface area (TPSA) is 55.1 Å². The molecule has 2 rings (SSSR count). The average molecular weight is 276 g/mol. The normalized spacial score (nSPS) is 10.5. The number of rotatable bonds is 4. The molecule has 100 valence electrons. The molecule has 0 saturated heterocycles. The third kappa shape index (κ3) is 3.86. The van der Waals surface area contributed by atoms with Gasteiger partial charge in [-0.3, -0.25) is 10.1 Å². The molecule has 0 bridgehead atoms. The summed E-state index contributed by atoms with van der Waals surface area (Å²) in [6.45, 7) is 5.89. The first-order valence-corrected chi connectivity index (χ1v) is 6.96. The SMILES string of the molecule is Cc1ccc(C)c(SCC(=O)Nc2cc(C)no2)c1. The zero-order chi connectivity index (χ0) is 13.8. The van der Waals surface area contributed by atoms with Gasteiger partial charge in [0.05, 0.1) is 11.4 Å². The molecule has 1 N–H and O–H groups in total. The summed E-state index contributed by atoms with van der Waals surface area (Å²) in [6, 6.07) is 7.92. The highest BCUT2D eigenvalue weighted by Crippen LogP contribution is 2.23. The van der Waals surface area contributed by atoms with Gasteiger partial charge in [-0.1, -0.05) is 22.9 Å². The van der Waals surface area contributed by atoms with Gasteiger partial charge >= 0.3 is 0 Å². The Balaban J connectivity index is 1.91. The molecular formula is C14H16N2O2S. The number of aryl methyl sites for hydroxylation is 3. The van der Waals surface area contributed by atoms with Gasteiger partial charge in [-0.05, 0) is 32.4 Å². The molecule has 0 aliphatic rings. The van der Waals surface area contributed by atoms with Crippen LogP contribution in [0.15, 0.2) is 33.7 Å². The van der Waals surface area contributed by atoms with E-state index in [-0.39, 0.29) is 5.91 Å². The molecule has 1 aromatic heterocycles. The fourth-order valence-corrected chi connectivity index (χ4v) is 2.53. The average Bonchev–Trinajstić information content (AvgIpc) is 2.76. The van der Waals surface area contributed by atoms with Crippen LogP contribution in [0.2, 0.25) is 0 Å². The zero-order valence-corrected chi connectivity index (χ0v) is 12.0. The van der Waals surface area contributed by atoms with E-state index in [4.69, 9.17) is 4.52 Å². The molecule has 1 amide bonds. The second-order valence-corrected chi connectivity index (χ2v) is 5.46.